The van der Waals surface area contributed by atoms with Crippen molar-refractivity contribution < 1.29 is 0 Å². The molecule has 1 N–H and O–H groups in total. The van der Waals surface area contributed by atoms with Crippen LogP contribution in [0.25, 0.3) is 0 Å². The normalized spacial score (nSPS) is 17.3. The van der Waals surface area contributed by atoms with Crippen LogP contribution in [0.4, 0.5) is 0 Å². The molecule has 0 aliphatic carbocycles. The van der Waals surface area contributed by atoms with Crippen molar-refractivity contribution in [2.75, 3.05) is 6.54 Å². The fraction of sp³-hybridized carbons (Fsp3) is 0.714. The molecule has 0 saturated carbocycles. The maximum atomic E-state index is 3.16. The minimum Gasteiger partial charge on any atom is -0.256 e. The quantitative estimate of drug-likeness (QED) is 0.526. The second kappa shape index (κ2) is 4.89. The van der Waals surface area contributed by atoms with Gasteiger partial charge < -0.3 is 0 Å². The van der Waals surface area contributed by atoms with E-state index in [9.17, 15) is 0 Å². The molecule has 0 amide bonds. The molecule has 1 nitrogen and oxygen atoms in total. The van der Waals surface area contributed by atoms with Crippen LogP contribution in [0.1, 0.15) is 27.7 Å². The van der Waals surface area contributed by atoms with Gasteiger partial charge in [-0.3, -0.25) is 4.72 Å². The largest absolute Gasteiger partial charge is 0.256 e. The standard InChI is InChI=1S/C5H9NS.C2H6/c1-4-3-6-7-5(4)2;1-2/h6H,3H2,1-2H3;1-2H3. The van der Waals surface area contributed by atoms with Gasteiger partial charge in [-0.05, 0) is 36.3 Å². The third kappa shape index (κ3) is 2.92. The first kappa shape index (κ1) is 9.05. The van der Waals surface area contributed by atoms with Crippen molar-refractivity contribution in [2.24, 2.45) is 0 Å². The summed E-state index contributed by atoms with van der Waals surface area (Å²) in [6, 6.07) is 0. The molecule has 0 unspecified atom stereocenters. The van der Waals surface area contributed by atoms with E-state index in [2.05, 4.69) is 18.6 Å². The zero-order valence-electron chi connectivity index (χ0n) is 6.62. The van der Waals surface area contributed by atoms with Crippen LogP contribution in [0.5, 0.6) is 0 Å². The summed E-state index contributed by atoms with van der Waals surface area (Å²) in [6.45, 7) is 9.36. The van der Waals surface area contributed by atoms with E-state index in [1.54, 1.807) is 11.9 Å². The van der Waals surface area contributed by atoms with Crippen LogP contribution >= 0.6 is 11.9 Å². The zero-order valence-corrected chi connectivity index (χ0v) is 7.43. The molecule has 0 aromatic heterocycles. The van der Waals surface area contributed by atoms with Crippen LogP contribution in [0.3, 0.4) is 0 Å². The molecule has 0 radical (unpaired) electrons. The van der Waals surface area contributed by atoms with Gasteiger partial charge >= 0.3 is 0 Å². The van der Waals surface area contributed by atoms with E-state index in [0.29, 0.717) is 0 Å². The van der Waals surface area contributed by atoms with E-state index in [1.165, 1.54) is 10.5 Å². The van der Waals surface area contributed by atoms with Gasteiger partial charge in [0.15, 0.2) is 0 Å². The number of allylic oxidation sites excluding steroid dienone is 1. The van der Waals surface area contributed by atoms with Gasteiger partial charge in [-0.15, -0.1) is 0 Å². The zero-order chi connectivity index (χ0) is 7.28. The van der Waals surface area contributed by atoms with Crippen molar-refractivity contribution in [1.82, 2.24) is 4.72 Å². The summed E-state index contributed by atoms with van der Waals surface area (Å²) in [5.74, 6) is 0. The Balaban J connectivity index is 0.000000291. The summed E-state index contributed by atoms with van der Waals surface area (Å²) < 4.78 is 3.16. The molecule has 0 aromatic carbocycles. The van der Waals surface area contributed by atoms with Crippen LogP contribution in [0.15, 0.2) is 10.5 Å². The van der Waals surface area contributed by atoms with E-state index >= 15 is 0 Å². The van der Waals surface area contributed by atoms with Gasteiger partial charge in [0.05, 0.1) is 0 Å². The minimum atomic E-state index is 1.07. The van der Waals surface area contributed by atoms with Crippen molar-refractivity contribution in [3.05, 3.63) is 10.5 Å². The van der Waals surface area contributed by atoms with Crippen molar-refractivity contribution in [3.63, 3.8) is 0 Å². The van der Waals surface area contributed by atoms with Crippen LogP contribution < -0.4 is 4.72 Å². The summed E-state index contributed by atoms with van der Waals surface area (Å²) >= 11 is 1.73. The van der Waals surface area contributed by atoms with E-state index < -0.39 is 0 Å². The molecule has 54 valence electrons. The Bertz CT molecular complexity index is 95.5. The fourth-order valence-corrected chi connectivity index (χ4v) is 1.22. The molecule has 0 spiro atoms. The minimum absolute atomic E-state index is 1.07. The monoisotopic (exact) mass is 145 g/mol. The average molecular weight is 145 g/mol. The van der Waals surface area contributed by atoms with Gasteiger partial charge in [-0.25, -0.2) is 0 Å². The molecule has 0 atom stereocenters. The molecule has 0 saturated heterocycles. The van der Waals surface area contributed by atoms with Gasteiger partial charge in [-0.1, -0.05) is 13.8 Å². The van der Waals surface area contributed by atoms with Gasteiger partial charge in [0.1, 0.15) is 0 Å². The molecule has 0 bridgehead atoms. The first-order valence-corrected chi connectivity index (χ1v) is 4.18. The Hall–Kier alpha value is 0.0500. The molecule has 1 heterocycles. The van der Waals surface area contributed by atoms with Crippen molar-refractivity contribution in [2.45, 2.75) is 27.7 Å². The summed E-state index contributed by atoms with van der Waals surface area (Å²) in [5, 5.41) is 0. The van der Waals surface area contributed by atoms with Crippen LogP contribution in [-0.2, 0) is 0 Å². The Morgan fingerprint density at radius 2 is 1.89 bits per heavy atom. The van der Waals surface area contributed by atoms with Crippen LogP contribution in [0, 0.1) is 0 Å². The van der Waals surface area contributed by atoms with E-state index in [4.69, 9.17) is 0 Å². The highest BCUT2D eigenvalue weighted by molar-refractivity contribution is 8.01. The van der Waals surface area contributed by atoms with Gasteiger partial charge in [0, 0.05) is 6.54 Å². The molecule has 1 aliphatic rings. The fourth-order valence-electron chi connectivity index (χ4n) is 0.464. The highest BCUT2D eigenvalue weighted by Crippen LogP contribution is 2.20. The Labute approximate surface area is 62.0 Å². The topological polar surface area (TPSA) is 12.0 Å². The predicted octanol–water partition coefficient (Wildman–Crippen LogP) is 2.56. The molecule has 1 rings (SSSR count). The van der Waals surface area contributed by atoms with Crippen LogP contribution in [-0.4, -0.2) is 6.54 Å². The maximum absolute atomic E-state index is 3.16. The predicted molar refractivity (Wildman–Crippen MR) is 45.3 cm³/mol. The molecular formula is C7H15NS. The summed E-state index contributed by atoms with van der Waals surface area (Å²) in [7, 11) is 0. The summed E-state index contributed by atoms with van der Waals surface area (Å²) in [6.07, 6.45) is 0. The molecule has 2 heteroatoms. The van der Waals surface area contributed by atoms with E-state index in [0.717, 1.165) is 6.54 Å². The van der Waals surface area contributed by atoms with Crippen molar-refractivity contribution >= 4 is 11.9 Å². The lowest BCUT2D eigenvalue weighted by Gasteiger charge is -1.84. The van der Waals surface area contributed by atoms with Crippen molar-refractivity contribution in [3.8, 4) is 0 Å². The summed E-state index contributed by atoms with van der Waals surface area (Å²) in [5.41, 5.74) is 1.48. The lowest BCUT2D eigenvalue weighted by atomic mass is 10.3. The first-order valence-electron chi connectivity index (χ1n) is 3.37. The molecule has 1 aliphatic heterocycles. The number of hydrogen-bond donors (Lipinski definition) is 1. The average Bonchev–Trinajstić information content (AvgIpc) is 2.23. The SMILES string of the molecule is CC.CC1=C(C)SNC1. The molecular weight excluding hydrogens is 130 g/mol. The number of rotatable bonds is 0. The second-order valence-electron chi connectivity index (χ2n) is 1.76. The van der Waals surface area contributed by atoms with E-state index in [1.807, 2.05) is 13.8 Å². The first-order chi connectivity index (χ1) is 4.30. The van der Waals surface area contributed by atoms with Crippen molar-refractivity contribution in [1.29, 1.82) is 0 Å². The number of hydrogen-bond acceptors (Lipinski definition) is 2. The highest BCUT2D eigenvalue weighted by Gasteiger charge is 2.03. The van der Waals surface area contributed by atoms with E-state index in [-0.39, 0.29) is 0 Å². The third-order valence-electron chi connectivity index (χ3n) is 1.16. The maximum Gasteiger partial charge on any atom is 0.0280 e. The third-order valence-corrected chi connectivity index (χ3v) is 2.11. The summed E-state index contributed by atoms with van der Waals surface area (Å²) in [4.78, 5) is 1.43. The Kier molecular flexibility index (Phi) is 4.91. The second-order valence-corrected chi connectivity index (χ2v) is 2.86. The Morgan fingerprint density at radius 3 is 2.00 bits per heavy atom. The van der Waals surface area contributed by atoms with Crippen LogP contribution in [0.2, 0.25) is 0 Å². The lowest BCUT2D eigenvalue weighted by molar-refractivity contribution is 1.07. The lowest BCUT2D eigenvalue weighted by Crippen LogP contribution is -1.96. The molecule has 0 aromatic rings. The van der Waals surface area contributed by atoms with Gasteiger partial charge in [0.25, 0.3) is 0 Å². The number of nitrogens with one attached hydrogen (secondary N) is 1. The molecule has 0 fully saturated rings. The Morgan fingerprint density at radius 1 is 1.33 bits per heavy atom. The highest BCUT2D eigenvalue weighted by atomic mass is 32.2. The van der Waals surface area contributed by atoms with Gasteiger partial charge in [0.2, 0.25) is 0 Å². The van der Waals surface area contributed by atoms with Gasteiger partial charge in [-0.2, -0.15) is 0 Å². The molecule has 9 heavy (non-hydrogen) atoms. The smallest absolute Gasteiger partial charge is 0.0280 e.